The molecule has 0 saturated carbocycles. The van der Waals surface area contributed by atoms with E-state index in [4.69, 9.17) is 10.8 Å². The molecule has 0 aromatic carbocycles. The lowest BCUT2D eigenvalue weighted by molar-refractivity contribution is -0.123. The summed E-state index contributed by atoms with van der Waals surface area (Å²) in [5, 5.41) is 4.77. The number of rotatable bonds is 3. The number of hydrogen-bond donors (Lipinski definition) is 1. The van der Waals surface area contributed by atoms with Crippen molar-refractivity contribution < 1.29 is 9.59 Å². The lowest BCUT2D eigenvalue weighted by Crippen LogP contribution is -2.41. The van der Waals surface area contributed by atoms with Crippen LogP contribution in [0.25, 0.3) is 0 Å². The number of fused-ring (bicyclic) bond motifs is 1. The van der Waals surface area contributed by atoms with Crippen molar-refractivity contribution in [2.75, 3.05) is 32.7 Å². The molecule has 1 aromatic rings. The van der Waals surface area contributed by atoms with Gasteiger partial charge in [0, 0.05) is 39.3 Å². The zero-order valence-corrected chi connectivity index (χ0v) is 16.0. The van der Waals surface area contributed by atoms with Crippen LogP contribution < -0.4 is 5.73 Å². The Morgan fingerprint density at radius 2 is 1.81 bits per heavy atom. The first-order valence-corrected chi connectivity index (χ1v) is 10.2. The summed E-state index contributed by atoms with van der Waals surface area (Å²) < 4.78 is 2.06. The molecule has 3 aliphatic rings. The van der Waals surface area contributed by atoms with Crippen molar-refractivity contribution >= 4 is 11.9 Å². The van der Waals surface area contributed by atoms with E-state index in [0.717, 1.165) is 89.3 Å². The van der Waals surface area contributed by atoms with Crippen LogP contribution >= 0.6 is 0 Å². The maximum atomic E-state index is 12.8. The molecule has 0 aliphatic carbocycles. The number of primary amides is 1. The summed E-state index contributed by atoms with van der Waals surface area (Å²) in [4.78, 5) is 30.5. The Kier molecular flexibility index (Phi) is 5.33. The number of aromatic nitrogens is 2. The first kappa shape index (κ1) is 18.3. The van der Waals surface area contributed by atoms with Gasteiger partial charge < -0.3 is 15.5 Å². The van der Waals surface area contributed by atoms with E-state index in [1.807, 2.05) is 9.80 Å². The number of carbonyl (C=O) groups excluding carboxylic acids is 2. The van der Waals surface area contributed by atoms with Gasteiger partial charge in [0.2, 0.25) is 5.91 Å². The number of piperidine rings is 1. The fraction of sp³-hybridized carbons (Fsp3) is 0.737. The van der Waals surface area contributed by atoms with Crippen molar-refractivity contribution in [2.24, 2.45) is 11.7 Å². The van der Waals surface area contributed by atoms with Crippen LogP contribution in [0.4, 0.5) is 4.79 Å². The first-order valence-electron chi connectivity index (χ1n) is 10.2. The van der Waals surface area contributed by atoms with Gasteiger partial charge in [-0.3, -0.25) is 14.4 Å². The van der Waals surface area contributed by atoms with Crippen LogP contribution in [0.3, 0.4) is 0 Å². The van der Waals surface area contributed by atoms with Gasteiger partial charge in [-0.1, -0.05) is 0 Å². The molecule has 3 aliphatic heterocycles. The van der Waals surface area contributed by atoms with Gasteiger partial charge in [-0.05, 0) is 44.7 Å². The van der Waals surface area contributed by atoms with Gasteiger partial charge in [-0.25, -0.2) is 4.79 Å². The number of hydrogen-bond acceptors (Lipinski definition) is 4. The van der Waals surface area contributed by atoms with Crippen molar-refractivity contribution in [3.63, 3.8) is 0 Å². The summed E-state index contributed by atoms with van der Waals surface area (Å²) >= 11 is 0. The van der Waals surface area contributed by atoms with Crippen molar-refractivity contribution in [3.05, 3.63) is 17.5 Å². The van der Waals surface area contributed by atoms with Gasteiger partial charge in [0.15, 0.2) is 0 Å². The summed E-state index contributed by atoms with van der Waals surface area (Å²) in [6, 6.07) is 2.30. The molecule has 148 valence electrons. The smallest absolute Gasteiger partial charge is 0.320 e. The van der Waals surface area contributed by atoms with Gasteiger partial charge >= 0.3 is 6.03 Å². The van der Waals surface area contributed by atoms with Gasteiger partial charge in [-0.15, -0.1) is 0 Å². The molecule has 0 spiro atoms. The fourth-order valence-corrected chi connectivity index (χ4v) is 4.53. The number of nitrogens with zero attached hydrogens (tertiary/aromatic N) is 5. The predicted molar refractivity (Wildman–Crippen MR) is 101 cm³/mol. The number of nitrogens with two attached hydrogens (primary N) is 1. The topological polar surface area (TPSA) is 87.7 Å². The molecular formula is C19H30N6O2. The lowest BCUT2D eigenvalue weighted by Gasteiger charge is -2.30. The highest BCUT2D eigenvalue weighted by Gasteiger charge is 2.28. The second kappa shape index (κ2) is 7.88. The summed E-state index contributed by atoms with van der Waals surface area (Å²) in [6.45, 7) is 6.48. The molecule has 2 saturated heterocycles. The zero-order chi connectivity index (χ0) is 18.8. The van der Waals surface area contributed by atoms with E-state index in [0.29, 0.717) is 6.54 Å². The molecule has 0 unspecified atom stereocenters. The number of likely N-dealkylation sites (tertiary alicyclic amines) is 2. The van der Waals surface area contributed by atoms with E-state index in [1.54, 1.807) is 0 Å². The van der Waals surface area contributed by atoms with Crippen LogP contribution in [0, 0.1) is 5.92 Å². The van der Waals surface area contributed by atoms with Gasteiger partial charge in [0.1, 0.15) is 0 Å². The molecule has 2 N–H and O–H groups in total. The Morgan fingerprint density at radius 3 is 2.59 bits per heavy atom. The van der Waals surface area contributed by atoms with Crippen LogP contribution in [-0.4, -0.2) is 69.1 Å². The highest BCUT2D eigenvalue weighted by molar-refractivity contribution is 5.77. The molecule has 8 nitrogen and oxygen atoms in total. The second-order valence-corrected chi connectivity index (χ2v) is 8.08. The zero-order valence-electron chi connectivity index (χ0n) is 16.0. The molecule has 2 fully saturated rings. The number of urea groups is 1. The monoisotopic (exact) mass is 374 g/mol. The van der Waals surface area contributed by atoms with E-state index in [1.165, 1.54) is 0 Å². The Bertz CT molecular complexity index is 696. The highest BCUT2D eigenvalue weighted by Crippen LogP contribution is 2.21. The van der Waals surface area contributed by atoms with Crippen molar-refractivity contribution in [1.82, 2.24) is 24.5 Å². The molecule has 0 radical (unpaired) electrons. The van der Waals surface area contributed by atoms with E-state index >= 15 is 0 Å². The summed E-state index contributed by atoms with van der Waals surface area (Å²) in [7, 11) is 0. The normalized spacial score (nSPS) is 23.9. The van der Waals surface area contributed by atoms with Crippen molar-refractivity contribution in [3.8, 4) is 0 Å². The number of carbonyl (C=O) groups is 2. The highest BCUT2D eigenvalue weighted by atomic mass is 16.2. The maximum absolute atomic E-state index is 12.8. The molecular weight excluding hydrogens is 344 g/mol. The minimum Gasteiger partial charge on any atom is -0.369 e. The predicted octanol–water partition coefficient (Wildman–Crippen LogP) is 1.00. The standard InChI is InChI=1S/C19H30N6O2/c20-18(26)15-5-3-6-22(12-15)13-16-11-17-14-24(9-4-10-25(17)21-16)19(27)23-7-1-2-8-23/h11,15H,1-10,12-14H2,(H2,20,26)/t15-/m0/s1. The second-order valence-electron chi connectivity index (χ2n) is 8.08. The summed E-state index contributed by atoms with van der Waals surface area (Å²) in [5.74, 6) is -0.246. The summed E-state index contributed by atoms with van der Waals surface area (Å²) in [6.07, 6.45) is 5.05. The number of aryl methyl sites for hydroxylation is 1. The van der Waals surface area contributed by atoms with Gasteiger partial charge in [-0.2, -0.15) is 5.10 Å². The molecule has 0 bridgehead atoms. The Balaban J connectivity index is 1.41. The minimum absolute atomic E-state index is 0.0484. The third-order valence-electron chi connectivity index (χ3n) is 6.01. The quantitative estimate of drug-likeness (QED) is 0.855. The van der Waals surface area contributed by atoms with Crippen LogP contribution in [0.15, 0.2) is 6.07 Å². The van der Waals surface area contributed by atoms with Crippen LogP contribution in [0.5, 0.6) is 0 Å². The third-order valence-corrected chi connectivity index (χ3v) is 6.01. The Morgan fingerprint density at radius 1 is 1.04 bits per heavy atom. The number of amides is 3. The SMILES string of the molecule is NC(=O)[C@H]1CCCN(Cc2cc3n(n2)CCCN(C(=O)N2CCCC2)C3)C1. The van der Waals surface area contributed by atoms with Crippen LogP contribution in [0.2, 0.25) is 0 Å². The first-order chi connectivity index (χ1) is 13.1. The third kappa shape index (κ3) is 4.10. The average molecular weight is 374 g/mol. The molecule has 4 rings (SSSR count). The lowest BCUT2D eigenvalue weighted by atomic mass is 9.97. The molecule has 1 aromatic heterocycles. The fourth-order valence-electron chi connectivity index (χ4n) is 4.53. The van der Waals surface area contributed by atoms with Gasteiger partial charge in [0.05, 0.1) is 23.9 Å². The van der Waals surface area contributed by atoms with E-state index in [2.05, 4.69) is 15.6 Å². The molecule has 3 amide bonds. The maximum Gasteiger partial charge on any atom is 0.320 e. The largest absolute Gasteiger partial charge is 0.369 e. The molecule has 8 heteroatoms. The minimum atomic E-state index is -0.198. The molecule has 27 heavy (non-hydrogen) atoms. The van der Waals surface area contributed by atoms with E-state index < -0.39 is 0 Å². The molecule has 1 atom stereocenters. The Labute approximate surface area is 160 Å². The summed E-state index contributed by atoms with van der Waals surface area (Å²) in [5.41, 5.74) is 7.62. The van der Waals surface area contributed by atoms with Crippen LogP contribution in [0.1, 0.15) is 43.5 Å². The molecule has 4 heterocycles. The van der Waals surface area contributed by atoms with E-state index in [9.17, 15) is 9.59 Å². The Hall–Kier alpha value is -2.09. The van der Waals surface area contributed by atoms with Crippen LogP contribution in [-0.2, 0) is 24.4 Å². The average Bonchev–Trinajstić information content (AvgIpc) is 3.27. The van der Waals surface area contributed by atoms with Crippen molar-refractivity contribution in [2.45, 2.75) is 51.7 Å². The van der Waals surface area contributed by atoms with Gasteiger partial charge in [0.25, 0.3) is 0 Å². The van der Waals surface area contributed by atoms with E-state index in [-0.39, 0.29) is 17.9 Å². The van der Waals surface area contributed by atoms with Crippen molar-refractivity contribution in [1.29, 1.82) is 0 Å².